The van der Waals surface area contributed by atoms with Gasteiger partial charge < -0.3 is 15.4 Å². The van der Waals surface area contributed by atoms with Gasteiger partial charge in [-0.2, -0.15) is 0 Å². The number of hydrogen-bond acceptors (Lipinski definition) is 6. The first kappa shape index (κ1) is 26.6. The zero-order chi connectivity index (χ0) is 24.6. The second-order valence-corrected chi connectivity index (χ2v) is 11.1. The molecular weight excluding hydrogens is 456 g/mol. The standard InChI is InChI=1S/C24H38N4O5S/c1-18-3-9-22(10-4-18)34(31,32)26-17-20-5-7-21(8-6-20)24(30)27-19(2)23(29)25-11-12-28-13-15-33-16-14-28/h3-4,9-10,19-21,26H,5-8,11-17H2,1-2H3,(H,25,29)(H,27,30)/t19-,20?,21?/m0/s1. The van der Waals surface area contributed by atoms with Crippen LogP contribution >= 0.6 is 0 Å². The van der Waals surface area contributed by atoms with E-state index in [1.165, 1.54) is 0 Å². The Morgan fingerprint density at radius 2 is 1.74 bits per heavy atom. The summed E-state index contributed by atoms with van der Waals surface area (Å²) in [5, 5.41) is 5.73. The SMILES string of the molecule is Cc1ccc(S(=O)(=O)NCC2CCC(C(=O)N[C@@H](C)C(=O)NCCN3CCOCC3)CC2)cc1. The number of benzene rings is 1. The maximum Gasteiger partial charge on any atom is 0.242 e. The lowest BCUT2D eigenvalue weighted by atomic mass is 9.81. The van der Waals surface area contributed by atoms with Gasteiger partial charge in [0, 0.05) is 38.6 Å². The van der Waals surface area contributed by atoms with E-state index < -0.39 is 16.1 Å². The molecule has 0 unspecified atom stereocenters. The maximum absolute atomic E-state index is 12.6. The second kappa shape index (κ2) is 12.6. The van der Waals surface area contributed by atoms with Crippen LogP contribution in [-0.4, -0.2) is 77.1 Å². The number of nitrogens with zero attached hydrogens (tertiary/aromatic N) is 1. The number of carbonyl (C=O) groups excluding carboxylic acids is 2. The third kappa shape index (κ3) is 8.04. The lowest BCUT2D eigenvalue weighted by Crippen LogP contribution is -2.49. The number of nitrogens with one attached hydrogen (secondary N) is 3. The molecule has 2 aliphatic rings. The van der Waals surface area contributed by atoms with Gasteiger partial charge in [-0.25, -0.2) is 13.1 Å². The third-order valence-corrected chi connectivity index (χ3v) is 8.13. The van der Waals surface area contributed by atoms with Crippen LogP contribution in [0.25, 0.3) is 0 Å². The summed E-state index contributed by atoms with van der Waals surface area (Å²) in [6.45, 7) is 8.49. The van der Waals surface area contributed by atoms with E-state index in [9.17, 15) is 18.0 Å². The molecule has 1 saturated carbocycles. The van der Waals surface area contributed by atoms with Crippen LogP contribution in [0.2, 0.25) is 0 Å². The van der Waals surface area contributed by atoms with Crippen molar-refractivity contribution in [1.29, 1.82) is 0 Å². The third-order valence-electron chi connectivity index (χ3n) is 6.69. The Morgan fingerprint density at radius 3 is 2.38 bits per heavy atom. The lowest BCUT2D eigenvalue weighted by molar-refractivity contribution is -0.131. The molecule has 1 saturated heterocycles. The Balaban J connectivity index is 1.34. The molecule has 1 aliphatic carbocycles. The summed E-state index contributed by atoms with van der Waals surface area (Å²) < 4.78 is 33.0. The van der Waals surface area contributed by atoms with Gasteiger partial charge >= 0.3 is 0 Å². The number of morpholine rings is 1. The molecule has 2 fully saturated rings. The molecule has 2 amide bonds. The number of carbonyl (C=O) groups is 2. The predicted molar refractivity (Wildman–Crippen MR) is 130 cm³/mol. The van der Waals surface area contributed by atoms with E-state index in [0.717, 1.165) is 51.3 Å². The van der Waals surface area contributed by atoms with Crippen LogP contribution in [0.5, 0.6) is 0 Å². The van der Waals surface area contributed by atoms with E-state index in [0.29, 0.717) is 25.9 Å². The highest BCUT2D eigenvalue weighted by molar-refractivity contribution is 7.89. The molecule has 0 bridgehead atoms. The van der Waals surface area contributed by atoms with Crippen molar-refractivity contribution in [2.75, 3.05) is 45.9 Å². The molecule has 1 aromatic carbocycles. The van der Waals surface area contributed by atoms with Crippen molar-refractivity contribution in [3.05, 3.63) is 29.8 Å². The molecule has 34 heavy (non-hydrogen) atoms. The largest absolute Gasteiger partial charge is 0.379 e. The Morgan fingerprint density at radius 1 is 1.09 bits per heavy atom. The van der Waals surface area contributed by atoms with Crippen LogP contribution in [0.3, 0.4) is 0 Å². The van der Waals surface area contributed by atoms with Gasteiger partial charge in [0.25, 0.3) is 0 Å². The highest BCUT2D eigenvalue weighted by atomic mass is 32.2. The summed E-state index contributed by atoms with van der Waals surface area (Å²) in [7, 11) is -3.53. The number of sulfonamides is 1. The fraction of sp³-hybridized carbons (Fsp3) is 0.667. The molecule has 1 aromatic rings. The van der Waals surface area contributed by atoms with Gasteiger partial charge in [-0.15, -0.1) is 0 Å². The topological polar surface area (TPSA) is 117 Å². The quantitative estimate of drug-likeness (QED) is 0.447. The molecule has 0 radical (unpaired) electrons. The minimum atomic E-state index is -3.53. The molecule has 1 aliphatic heterocycles. The van der Waals surface area contributed by atoms with Crippen LogP contribution in [0, 0.1) is 18.8 Å². The summed E-state index contributed by atoms with van der Waals surface area (Å²) in [4.78, 5) is 27.5. The molecule has 3 N–H and O–H groups in total. The minimum Gasteiger partial charge on any atom is -0.379 e. The summed E-state index contributed by atoms with van der Waals surface area (Å²) in [6, 6.07) is 6.20. The second-order valence-electron chi connectivity index (χ2n) is 9.36. The number of hydrogen-bond donors (Lipinski definition) is 3. The Hall–Kier alpha value is -2.01. The van der Waals surface area contributed by atoms with Crippen molar-refractivity contribution in [1.82, 2.24) is 20.3 Å². The molecule has 3 rings (SSSR count). The summed E-state index contributed by atoms with van der Waals surface area (Å²) >= 11 is 0. The van der Waals surface area contributed by atoms with Crippen molar-refractivity contribution < 1.29 is 22.7 Å². The monoisotopic (exact) mass is 494 g/mol. The smallest absolute Gasteiger partial charge is 0.242 e. The van der Waals surface area contributed by atoms with Crippen molar-refractivity contribution in [3.8, 4) is 0 Å². The average Bonchev–Trinajstić information content (AvgIpc) is 2.84. The van der Waals surface area contributed by atoms with Crippen LogP contribution in [0.1, 0.15) is 38.2 Å². The lowest BCUT2D eigenvalue weighted by Gasteiger charge is -2.29. The zero-order valence-corrected chi connectivity index (χ0v) is 21.0. The molecule has 10 heteroatoms. The Labute approximate surface area is 203 Å². The van der Waals surface area contributed by atoms with Crippen LogP contribution in [0.15, 0.2) is 29.2 Å². The highest BCUT2D eigenvalue weighted by Crippen LogP contribution is 2.29. The van der Waals surface area contributed by atoms with Gasteiger partial charge in [0.15, 0.2) is 0 Å². The fourth-order valence-electron chi connectivity index (χ4n) is 4.37. The van der Waals surface area contributed by atoms with E-state index in [1.54, 1.807) is 31.2 Å². The predicted octanol–water partition coefficient (Wildman–Crippen LogP) is 1.03. The molecule has 1 atom stereocenters. The van der Waals surface area contributed by atoms with Crippen LogP contribution in [-0.2, 0) is 24.3 Å². The molecule has 1 heterocycles. The van der Waals surface area contributed by atoms with Gasteiger partial charge in [0.1, 0.15) is 6.04 Å². The highest BCUT2D eigenvalue weighted by Gasteiger charge is 2.29. The van der Waals surface area contributed by atoms with Gasteiger partial charge in [0.05, 0.1) is 18.1 Å². The van der Waals surface area contributed by atoms with E-state index in [2.05, 4.69) is 20.3 Å². The summed E-state index contributed by atoms with van der Waals surface area (Å²) in [5.74, 6) is -0.228. The molecular formula is C24H38N4O5S. The van der Waals surface area contributed by atoms with Gasteiger partial charge in [-0.05, 0) is 57.6 Å². The van der Waals surface area contributed by atoms with E-state index in [-0.39, 0.29) is 28.5 Å². The number of amides is 2. The number of rotatable bonds is 10. The molecule has 9 nitrogen and oxygen atoms in total. The molecule has 0 aromatic heterocycles. The zero-order valence-electron chi connectivity index (χ0n) is 20.2. The summed E-state index contributed by atoms with van der Waals surface area (Å²) in [5.41, 5.74) is 1.01. The molecule has 190 valence electrons. The Bertz CT molecular complexity index is 908. The van der Waals surface area contributed by atoms with Gasteiger partial charge in [-0.3, -0.25) is 14.5 Å². The van der Waals surface area contributed by atoms with E-state index in [1.807, 2.05) is 6.92 Å². The number of aryl methyl sites for hydroxylation is 1. The van der Waals surface area contributed by atoms with Crippen molar-refractivity contribution in [2.45, 2.75) is 50.5 Å². The van der Waals surface area contributed by atoms with Gasteiger partial charge in [-0.1, -0.05) is 17.7 Å². The van der Waals surface area contributed by atoms with Gasteiger partial charge in [0.2, 0.25) is 21.8 Å². The normalized spacial score (nSPS) is 22.6. The molecule has 0 spiro atoms. The van der Waals surface area contributed by atoms with Crippen molar-refractivity contribution in [3.63, 3.8) is 0 Å². The first-order valence-electron chi connectivity index (χ1n) is 12.2. The van der Waals surface area contributed by atoms with E-state index >= 15 is 0 Å². The average molecular weight is 495 g/mol. The van der Waals surface area contributed by atoms with Crippen molar-refractivity contribution >= 4 is 21.8 Å². The Kier molecular flexibility index (Phi) is 9.87. The summed E-state index contributed by atoms with van der Waals surface area (Å²) in [6.07, 6.45) is 2.92. The van der Waals surface area contributed by atoms with E-state index in [4.69, 9.17) is 4.74 Å². The van der Waals surface area contributed by atoms with Crippen LogP contribution in [0.4, 0.5) is 0 Å². The van der Waals surface area contributed by atoms with Crippen molar-refractivity contribution in [2.24, 2.45) is 11.8 Å². The first-order valence-corrected chi connectivity index (χ1v) is 13.7. The minimum absolute atomic E-state index is 0.102. The van der Waals surface area contributed by atoms with Crippen LogP contribution < -0.4 is 15.4 Å². The number of ether oxygens (including phenoxy) is 1. The fourth-order valence-corrected chi connectivity index (χ4v) is 5.49. The first-order chi connectivity index (χ1) is 16.2. The maximum atomic E-state index is 12.6.